The average Bonchev–Trinajstić information content (AvgIpc) is 2.10. The van der Waals surface area contributed by atoms with E-state index in [4.69, 9.17) is 4.74 Å². The van der Waals surface area contributed by atoms with Crippen molar-refractivity contribution < 1.29 is 27.5 Å². The Bertz CT molecular complexity index is 345. The first-order valence-corrected chi connectivity index (χ1v) is 6.02. The van der Waals surface area contributed by atoms with E-state index >= 15 is 0 Å². The molecule has 19 heavy (non-hydrogen) atoms. The fourth-order valence-electron chi connectivity index (χ4n) is 1.67. The SMILES string of the molecule is CC(C)OC(=O)CCNC(=O)N1CCC1C(F)(F)F. The van der Waals surface area contributed by atoms with E-state index in [9.17, 15) is 22.8 Å². The largest absolute Gasteiger partial charge is 0.463 e. The van der Waals surface area contributed by atoms with Gasteiger partial charge in [-0.05, 0) is 20.3 Å². The molecule has 5 nitrogen and oxygen atoms in total. The number of carbonyl (C=O) groups is 2. The van der Waals surface area contributed by atoms with Crippen LogP contribution in [0.5, 0.6) is 0 Å². The number of esters is 1. The fraction of sp³-hybridized carbons (Fsp3) is 0.818. The Kier molecular flexibility index (Phi) is 5.02. The summed E-state index contributed by atoms with van der Waals surface area (Å²) in [6.45, 7) is 3.41. The van der Waals surface area contributed by atoms with E-state index in [1.807, 2.05) is 0 Å². The van der Waals surface area contributed by atoms with Gasteiger partial charge >= 0.3 is 18.2 Å². The van der Waals surface area contributed by atoms with E-state index in [-0.39, 0.29) is 32.0 Å². The fourth-order valence-corrected chi connectivity index (χ4v) is 1.67. The monoisotopic (exact) mass is 282 g/mol. The minimum atomic E-state index is -4.40. The Morgan fingerprint density at radius 2 is 2.05 bits per heavy atom. The summed E-state index contributed by atoms with van der Waals surface area (Å²) in [5.74, 6) is -0.494. The van der Waals surface area contributed by atoms with Gasteiger partial charge in [0.1, 0.15) is 6.04 Å². The third-order valence-corrected chi connectivity index (χ3v) is 2.63. The molecule has 1 unspecified atom stereocenters. The Hall–Kier alpha value is -1.47. The van der Waals surface area contributed by atoms with Gasteiger partial charge in [0, 0.05) is 13.1 Å². The van der Waals surface area contributed by atoms with Gasteiger partial charge in [-0.1, -0.05) is 0 Å². The molecule has 1 N–H and O–H groups in total. The van der Waals surface area contributed by atoms with E-state index in [0.29, 0.717) is 4.90 Å². The lowest BCUT2D eigenvalue weighted by Gasteiger charge is -2.41. The molecular weight excluding hydrogens is 265 g/mol. The molecule has 1 atom stereocenters. The third-order valence-electron chi connectivity index (χ3n) is 2.63. The first-order valence-electron chi connectivity index (χ1n) is 6.02. The van der Waals surface area contributed by atoms with Gasteiger partial charge < -0.3 is 15.0 Å². The van der Waals surface area contributed by atoms with Crippen molar-refractivity contribution in [1.82, 2.24) is 10.2 Å². The van der Waals surface area contributed by atoms with Gasteiger partial charge in [-0.3, -0.25) is 4.79 Å². The Balaban J connectivity index is 2.27. The summed E-state index contributed by atoms with van der Waals surface area (Å²) in [5, 5.41) is 2.28. The van der Waals surface area contributed by atoms with Crippen LogP contribution in [0.1, 0.15) is 26.7 Å². The molecule has 110 valence electrons. The molecule has 0 saturated carbocycles. The molecule has 0 radical (unpaired) electrons. The van der Waals surface area contributed by atoms with E-state index in [2.05, 4.69) is 5.32 Å². The Labute approximate surface area is 109 Å². The van der Waals surface area contributed by atoms with Crippen LogP contribution >= 0.6 is 0 Å². The van der Waals surface area contributed by atoms with Crippen molar-refractivity contribution in [3.05, 3.63) is 0 Å². The minimum absolute atomic E-state index is 0.0362. The zero-order valence-electron chi connectivity index (χ0n) is 10.8. The lowest BCUT2D eigenvalue weighted by molar-refractivity contribution is -0.198. The highest BCUT2D eigenvalue weighted by Gasteiger charge is 2.50. The van der Waals surface area contributed by atoms with Crippen LogP contribution in [0.15, 0.2) is 0 Å². The number of nitrogens with one attached hydrogen (secondary N) is 1. The smallest absolute Gasteiger partial charge is 0.408 e. The normalized spacial score (nSPS) is 19.1. The highest BCUT2D eigenvalue weighted by Crippen LogP contribution is 2.33. The summed E-state index contributed by atoms with van der Waals surface area (Å²) in [6.07, 6.45) is -4.79. The molecule has 1 saturated heterocycles. The number of alkyl halides is 3. The van der Waals surface area contributed by atoms with Gasteiger partial charge in [0.15, 0.2) is 0 Å². The quantitative estimate of drug-likeness (QED) is 0.798. The Morgan fingerprint density at radius 3 is 2.47 bits per heavy atom. The molecule has 1 heterocycles. The molecule has 0 spiro atoms. The van der Waals surface area contributed by atoms with Crippen molar-refractivity contribution in [2.24, 2.45) is 0 Å². The van der Waals surface area contributed by atoms with E-state index in [1.165, 1.54) is 0 Å². The second-order valence-electron chi connectivity index (χ2n) is 4.56. The third kappa shape index (κ3) is 4.60. The van der Waals surface area contributed by atoms with Gasteiger partial charge in [-0.25, -0.2) is 4.79 Å². The van der Waals surface area contributed by atoms with E-state index in [0.717, 1.165) is 0 Å². The number of halogens is 3. The number of hydrogen-bond acceptors (Lipinski definition) is 3. The molecular formula is C11H17F3N2O3. The number of rotatable bonds is 4. The lowest BCUT2D eigenvalue weighted by Crippen LogP contribution is -2.60. The predicted octanol–water partition coefficient (Wildman–Crippen LogP) is 1.67. The second kappa shape index (κ2) is 6.12. The number of ether oxygens (including phenoxy) is 1. The van der Waals surface area contributed by atoms with Crippen LogP contribution in [0.4, 0.5) is 18.0 Å². The van der Waals surface area contributed by atoms with Crippen LogP contribution in [0.2, 0.25) is 0 Å². The molecule has 0 bridgehead atoms. The van der Waals surface area contributed by atoms with Gasteiger partial charge in [-0.2, -0.15) is 13.2 Å². The summed E-state index contributed by atoms with van der Waals surface area (Å²) in [4.78, 5) is 23.3. The number of hydrogen-bond donors (Lipinski definition) is 1. The van der Waals surface area contributed by atoms with E-state index < -0.39 is 24.2 Å². The van der Waals surface area contributed by atoms with Gasteiger partial charge in [0.2, 0.25) is 0 Å². The van der Waals surface area contributed by atoms with Crippen LogP contribution in [0.25, 0.3) is 0 Å². The highest BCUT2D eigenvalue weighted by atomic mass is 19.4. The minimum Gasteiger partial charge on any atom is -0.463 e. The average molecular weight is 282 g/mol. The molecule has 0 aliphatic carbocycles. The van der Waals surface area contributed by atoms with Gasteiger partial charge in [-0.15, -0.1) is 0 Å². The summed E-state index contributed by atoms with van der Waals surface area (Å²) >= 11 is 0. The van der Waals surface area contributed by atoms with Crippen molar-refractivity contribution >= 4 is 12.0 Å². The molecule has 1 fully saturated rings. The number of amides is 2. The van der Waals surface area contributed by atoms with Gasteiger partial charge in [0.05, 0.1) is 12.5 Å². The number of urea groups is 1. The summed E-state index contributed by atoms with van der Waals surface area (Å²) in [5.41, 5.74) is 0. The topological polar surface area (TPSA) is 58.6 Å². The zero-order chi connectivity index (χ0) is 14.6. The number of nitrogens with zero attached hydrogens (tertiary/aromatic N) is 1. The maximum absolute atomic E-state index is 12.4. The standard InChI is InChI=1S/C11H17F3N2O3/c1-7(2)19-9(17)3-5-15-10(18)16-6-4-8(16)11(12,13)14/h7-8H,3-6H2,1-2H3,(H,15,18). The molecule has 0 aromatic carbocycles. The Morgan fingerprint density at radius 1 is 1.42 bits per heavy atom. The van der Waals surface area contributed by atoms with Crippen LogP contribution in [-0.2, 0) is 9.53 Å². The van der Waals surface area contributed by atoms with Crippen molar-refractivity contribution in [2.45, 2.75) is 45.0 Å². The van der Waals surface area contributed by atoms with Crippen molar-refractivity contribution in [3.63, 3.8) is 0 Å². The van der Waals surface area contributed by atoms with Crippen molar-refractivity contribution in [3.8, 4) is 0 Å². The number of likely N-dealkylation sites (tertiary alicyclic amines) is 1. The summed E-state index contributed by atoms with van der Waals surface area (Å²) in [6, 6.07) is -2.51. The molecule has 2 amide bonds. The molecule has 1 aliphatic heterocycles. The molecule has 1 rings (SSSR count). The molecule has 0 aromatic rings. The maximum Gasteiger partial charge on any atom is 0.408 e. The van der Waals surface area contributed by atoms with Crippen LogP contribution in [-0.4, -0.2) is 48.3 Å². The number of carbonyl (C=O) groups excluding carboxylic acids is 2. The highest BCUT2D eigenvalue weighted by molar-refractivity contribution is 5.76. The lowest BCUT2D eigenvalue weighted by atomic mass is 10.0. The second-order valence-corrected chi connectivity index (χ2v) is 4.56. The summed E-state index contributed by atoms with van der Waals surface area (Å²) < 4.78 is 42.1. The van der Waals surface area contributed by atoms with Gasteiger partial charge in [0.25, 0.3) is 0 Å². The van der Waals surface area contributed by atoms with Crippen LogP contribution in [0, 0.1) is 0 Å². The molecule has 0 aromatic heterocycles. The van der Waals surface area contributed by atoms with Crippen molar-refractivity contribution in [2.75, 3.05) is 13.1 Å². The molecule has 1 aliphatic rings. The maximum atomic E-state index is 12.4. The summed E-state index contributed by atoms with van der Waals surface area (Å²) in [7, 11) is 0. The van der Waals surface area contributed by atoms with Crippen LogP contribution < -0.4 is 5.32 Å². The molecule has 8 heteroatoms. The zero-order valence-corrected chi connectivity index (χ0v) is 10.8. The van der Waals surface area contributed by atoms with Crippen molar-refractivity contribution in [1.29, 1.82) is 0 Å². The predicted molar refractivity (Wildman–Crippen MR) is 60.4 cm³/mol. The first kappa shape index (κ1) is 15.6. The van der Waals surface area contributed by atoms with E-state index in [1.54, 1.807) is 13.8 Å². The first-order chi connectivity index (χ1) is 8.71. The van der Waals surface area contributed by atoms with Crippen LogP contribution in [0.3, 0.4) is 0 Å².